The zero-order valence-corrected chi connectivity index (χ0v) is 14.4. The lowest BCUT2D eigenvalue weighted by molar-refractivity contribution is -0.147. The third-order valence-electron chi connectivity index (χ3n) is 6.19. The number of carbonyl (C=O) groups is 1. The minimum Gasteiger partial charge on any atom is -0.368 e. The van der Waals surface area contributed by atoms with Crippen molar-refractivity contribution >= 4 is 5.91 Å². The molecule has 130 valence electrons. The van der Waals surface area contributed by atoms with Crippen molar-refractivity contribution in [2.75, 3.05) is 6.54 Å². The van der Waals surface area contributed by atoms with Crippen LogP contribution in [0, 0.1) is 5.92 Å². The van der Waals surface area contributed by atoms with Gasteiger partial charge in [-0.1, -0.05) is 54.6 Å². The Morgan fingerprint density at radius 2 is 1.76 bits per heavy atom. The van der Waals surface area contributed by atoms with Gasteiger partial charge in [0.2, 0.25) is 5.91 Å². The number of carbonyl (C=O) groups excluding carboxylic acids is 1. The molecule has 1 fully saturated rings. The number of primary amides is 1. The highest BCUT2D eigenvalue weighted by molar-refractivity contribution is 5.86. The Hall–Kier alpha value is -2.17. The number of fused-ring (bicyclic) bond motifs is 1. The molecule has 4 nitrogen and oxygen atoms in total. The summed E-state index contributed by atoms with van der Waals surface area (Å²) in [7, 11) is 0. The van der Waals surface area contributed by atoms with Crippen LogP contribution in [0.2, 0.25) is 0 Å². The van der Waals surface area contributed by atoms with Gasteiger partial charge in [0.05, 0.1) is 0 Å². The first-order valence-corrected chi connectivity index (χ1v) is 9.05. The van der Waals surface area contributed by atoms with Crippen LogP contribution in [0.3, 0.4) is 0 Å². The zero-order valence-electron chi connectivity index (χ0n) is 14.4. The fraction of sp³-hybridized carbons (Fsp3) is 0.381. The second-order valence-corrected chi connectivity index (χ2v) is 7.31. The molecule has 1 heterocycles. The van der Waals surface area contributed by atoms with Gasteiger partial charge in [0.25, 0.3) is 0 Å². The molecule has 1 saturated carbocycles. The van der Waals surface area contributed by atoms with Gasteiger partial charge >= 0.3 is 0 Å². The van der Waals surface area contributed by atoms with E-state index in [4.69, 9.17) is 11.5 Å². The number of hydrogen-bond donors (Lipinski definition) is 2. The van der Waals surface area contributed by atoms with Crippen molar-refractivity contribution in [1.82, 2.24) is 4.90 Å². The summed E-state index contributed by atoms with van der Waals surface area (Å²) >= 11 is 0. The van der Waals surface area contributed by atoms with Gasteiger partial charge in [-0.15, -0.1) is 0 Å². The third-order valence-corrected chi connectivity index (χ3v) is 6.19. The van der Waals surface area contributed by atoms with Gasteiger partial charge < -0.3 is 11.5 Å². The molecule has 3 atom stereocenters. The summed E-state index contributed by atoms with van der Waals surface area (Å²) in [6, 6.07) is 18.4. The van der Waals surface area contributed by atoms with E-state index in [2.05, 4.69) is 29.2 Å². The molecule has 0 aromatic heterocycles. The van der Waals surface area contributed by atoms with Gasteiger partial charge in [-0.2, -0.15) is 0 Å². The van der Waals surface area contributed by atoms with Crippen LogP contribution in [-0.2, 0) is 17.8 Å². The molecule has 0 saturated heterocycles. The molecule has 3 unspecified atom stereocenters. The number of nitrogens with zero attached hydrogens (tertiary/aromatic N) is 1. The van der Waals surface area contributed by atoms with Gasteiger partial charge in [-0.3, -0.25) is 9.69 Å². The van der Waals surface area contributed by atoms with E-state index >= 15 is 0 Å². The number of nitrogens with two attached hydrogens (primary N) is 2. The zero-order chi connectivity index (χ0) is 17.4. The second-order valence-electron chi connectivity index (χ2n) is 7.31. The molecule has 2 aromatic carbocycles. The fourth-order valence-electron chi connectivity index (χ4n) is 4.66. The lowest BCUT2D eigenvalue weighted by atomic mass is 9.60. The maximum Gasteiger partial charge on any atom is 0.238 e. The molecule has 4 rings (SSSR count). The quantitative estimate of drug-likeness (QED) is 0.901. The van der Waals surface area contributed by atoms with Crippen LogP contribution in [0.1, 0.15) is 35.6 Å². The molecule has 2 aromatic rings. The van der Waals surface area contributed by atoms with E-state index in [0.29, 0.717) is 0 Å². The standard InChI is InChI=1S/C21H25N3O/c22-19(16-7-2-1-3-8-16)18-10-12-21(18,20(23)25)24-13-11-15-6-4-5-9-17(15)14-24/h1-9,18-19H,10-14,22H2,(H2,23,25). The van der Waals surface area contributed by atoms with Crippen molar-refractivity contribution in [3.05, 3.63) is 71.3 Å². The summed E-state index contributed by atoms with van der Waals surface area (Å²) in [5.74, 6) is -0.160. The van der Waals surface area contributed by atoms with Crippen molar-refractivity contribution in [2.24, 2.45) is 17.4 Å². The number of rotatable bonds is 4. The molecular weight excluding hydrogens is 310 g/mol. The van der Waals surface area contributed by atoms with Gasteiger partial charge in [0.1, 0.15) is 5.54 Å². The third kappa shape index (κ3) is 2.57. The van der Waals surface area contributed by atoms with Crippen LogP contribution in [0.5, 0.6) is 0 Å². The molecule has 0 bridgehead atoms. The van der Waals surface area contributed by atoms with Crippen molar-refractivity contribution in [2.45, 2.75) is 37.4 Å². The van der Waals surface area contributed by atoms with E-state index in [1.807, 2.05) is 30.3 Å². The average Bonchev–Trinajstić information content (AvgIpc) is 2.61. The Labute approximate surface area is 148 Å². The van der Waals surface area contributed by atoms with Crippen LogP contribution >= 0.6 is 0 Å². The van der Waals surface area contributed by atoms with Gasteiger partial charge in [0.15, 0.2) is 0 Å². The molecule has 4 N–H and O–H groups in total. The number of benzene rings is 2. The van der Waals surface area contributed by atoms with Crippen LogP contribution in [0.15, 0.2) is 54.6 Å². The summed E-state index contributed by atoms with van der Waals surface area (Å²) in [5, 5.41) is 0. The highest BCUT2D eigenvalue weighted by atomic mass is 16.1. The SMILES string of the molecule is NC(=O)C1(N2CCc3ccccc3C2)CCC1C(N)c1ccccc1. The van der Waals surface area contributed by atoms with Crippen LogP contribution in [0.25, 0.3) is 0 Å². The maximum atomic E-state index is 12.6. The van der Waals surface area contributed by atoms with Crippen molar-refractivity contribution < 1.29 is 4.79 Å². The van der Waals surface area contributed by atoms with E-state index in [0.717, 1.165) is 37.9 Å². The summed E-state index contributed by atoms with van der Waals surface area (Å²) in [5.41, 5.74) is 15.7. The minimum atomic E-state index is -0.622. The summed E-state index contributed by atoms with van der Waals surface area (Å²) in [6.07, 6.45) is 2.70. The Balaban J connectivity index is 1.64. The second kappa shape index (κ2) is 6.28. The molecule has 1 aliphatic heterocycles. The van der Waals surface area contributed by atoms with Crippen LogP contribution in [-0.4, -0.2) is 22.9 Å². The smallest absolute Gasteiger partial charge is 0.238 e. The molecule has 1 aliphatic carbocycles. The molecular formula is C21H25N3O. The van der Waals surface area contributed by atoms with Crippen LogP contribution < -0.4 is 11.5 Å². The van der Waals surface area contributed by atoms with Crippen molar-refractivity contribution in [3.63, 3.8) is 0 Å². The first kappa shape index (κ1) is 16.3. The first-order chi connectivity index (χ1) is 12.1. The maximum absolute atomic E-state index is 12.6. The monoisotopic (exact) mass is 335 g/mol. The van der Waals surface area contributed by atoms with Crippen molar-refractivity contribution in [3.8, 4) is 0 Å². The number of hydrogen-bond acceptors (Lipinski definition) is 3. The van der Waals surface area contributed by atoms with Gasteiger partial charge in [0, 0.05) is 25.0 Å². The Bertz CT molecular complexity index is 772. The predicted octanol–water partition coefficient (Wildman–Crippen LogP) is 2.38. The lowest BCUT2D eigenvalue weighted by Gasteiger charge is -2.56. The summed E-state index contributed by atoms with van der Waals surface area (Å²) < 4.78 is 0. The van der Waals surface area contributed by atoms with Gasteiger partial charge in [-0.05, 0) is 36.0 Å². The van der Waals surface area contributed by atoms with E-state index < -0.39 is 5.54 Å². The highest BCUT2D eigenvalue weighted by Crippen LogP contribution is 2.50. The fourth-order valence-corrected chi connectivity index (χ4v) is 4.66. The Morgan fingerprint density at radius 1 is 1.08 bits per heavy atom. The normalized spacial score (nSPS) is 27.2. The largest absolute Gasteiger partial charge is 0.368 e. The van der Waals surface area contributed by atoms with Gasteiger partial charge in [-0.25, -0.2) is 0 Å². The topological polar surface area (TPSA) is 72.4 Å². The summed E-state index contributed by atoms with van der Waals surface area (Å²) in [4.78, 5) is 14.9. The van der Waals surface area contributed by atoms with E-state index in [9.17, 15) is 4.79 Å². The lowest BCUT2D eigenvalue weighted by Crippen LogP contribution is -2.69. The molecule has 1 amide bonds. The van der Waals surface area contributed by atoms with Crippen molar-refractivity contribution in [1.29, 1.82) is 0 Å². The Kier molecular flexibility index (Phi) is 4.10. The van der Waals surface area contributed by atoms with Crippen LogP contribution in [0.4, 0.5) is 0 Å². The number of amides is 1. The molecule has 2 aliphatic rings. The average molecular weight is 335 g/mol. The Morgan fingerprint density at radius 3 is 2.40 bits per heavy atom. The summed E-state index contributed by atoms with van der Waals surface area (Å²) in [6.45, 7) is 1.63. The minimum absolute atomic E-state index is 0.0673. The van der Waals surface area contributed by atoms with E-state index in [-0.39, 0.29) is 17.9 Å². The predicted molar refractivity (Wildman–Crippen MR) is 98.6 cm³/mol. The molecule has 0 radical (unpaired) electrons. The molecule has 25 heavy (non-hydrogen) atoms. The van der Waals surface area contributed by atoms with E-state index in [1.54, 1.807) is 0 Å². The molecule has 4 heteroatoms. The highest BCUT2D eigenvalue weighted by Gasteiger charge is 2.57. The first-order valence-electron chi connectivity index (χ1n) is 9.05. The van der Waals surface area contributed by atoms with E-state index in [1.165, 1.54) is 11.1 Å². The molecule has 0 spiro atoms.